The minimum Gasteiger partial charge on any atom is -0.497 e. The van der Waals surface area contributed by atoms with E-state index in [9.17, 15) is 0 Å². The number of aromatic nitrogens is 2. The Morgan fingerprint density at radius 1 is 0.882 bits per heavy atom. The highest BCUT2D eigenvalue weighted by molar-refractivity contribution is 5.70. The molecule has 0 aliphatic carbocycles. The lowest BCUT2D eigenvalue weighted by molar-refractivity contribution is 0.266. The minimum absolute atomic E-state index is 0.668. The van der Waals surface area contributed by atoms with Gasteiger partial charge in [-0.25, -0.2) is 4.98 Å². The molecule has 34 heavy (non-hydrogen) atoms. The van der Waals surface area contributed by atoms with Gasteiger partial charge >= 0.3 is 0 Å². The summed E-state index contributed by atoms with van der Waals surface area (Å²) in [6.07, 6.45) is 3.34. The molecule has 0 saturated carbocycles. The largest absolute Gasteiger partial charge is 0.497 e. The van der Waals surface area contributed by atoms with Crippen LogP contribution in [0.1, 0.15) is 17.7 Å². The molecule has 0 unspecified atom stereocenters. The number of likely N-dealkylation sites (N-methyl/N-ethyl adjacent to an activating group) is 1. The standard InChI is InChI=1S/C28H29N5O/c1-31-14-3-15-32(17-16-31)20-26-28(23-8-11-25(34-2)12-9-23)30-27-13-10-24(19-33(26)27)22-6-4-21(18-29)5-7-22/h4-13,19H,3,14-17,20H2,1-2H3. The van der Waals surface area contributed by atoms with Crippen molar-refractivity contribution < 1.29 is 4.74 Å². The second-order valence-electron chi connectivity index (χ2n) is 8.90. The molecule has 1 aliphatic heterocycles. The second-order valence-corrected chi connectivity index (χ2v) is 8.90. The zero-order valence-corrected chi connectivity index (χ0v) is 19.7. The molecule has 0 radical (unpaired) electrons. The Bertz CT molecular complexity index is 1320. The maximum atomic E-state index is 9.13. The van der Waals surface area contributed by atoms with Gasteiger partial charge in [-0.3, -0.25) is 4.90 Å². The second kappa shape index (κ2) is 9.68. The number of methoxy groups -OCH3 is 1. The van der Waals surface area contributed by atoms with E-state index >= 15 is 0 Å². The highest BCUT2D eigenvalue weighted by Gasteiger charge is 2.20. The zero-order valence-electron chi connectivity index (χ0n) is 19.7. The van der Waals surface area contributed by atoms with E-state index in [2.05, 4.69) is 57.8 Å². The van der Waals surface area contributed by atoms with Crippen LogP contribution >= 0.6 is 0 Å². The maximum Gasteiger partial charge on any atom is 0.137 e. The van der Waals surface area contributed by atoms with Gasteiger partial charge in [-0.05, 0) is 86.2 Å². The third-order valence-electron chi connectivity index (χ3n) is 6.61. The third-order valence-corrected chi connectivity index (χ3v) is 6.61. The van der Waals surface area contributed by atoms with Crippen molar-refractivity contribution >= 4 is 5.65 Å². The van der Waals surface area contributed by atoms with E-state index in [-0.39, 0.29) is 0 Å². The Morgan fingerprint density at radius 2 is 1.62 bits per heavy atom. The molecule has 1 saturated heterocycles. The van der Waals surface area contributed by atoms with E-state index in [0.717, 1.165) is 66.5 Å². The molecule has 0 N–H and O–H groups in total. The van der Waals surface area contributed by atoms with Gasteiger partial charge in [-0.2, -0.15) is 5.26 Å². The normalized spacial score (nSPS) is 15.2. The molecular weight excluding hydrogens is 422 g/mol. The number of hydrogen-bond acceptors (Lipinski definition) is 5. The van der Waals surface area contributed by atoms with Gasteiger partial charge in [0.25, 0.3) is 0 Å². The number of nitrogens with zero attached hydrogens (tertiary/aromatic N) is 5. The highest BCUT2D eigenvalue weighted by Crippen LogP contribution is 2.30. The maximum absolute atomic E-state index is 9.13. The van der Waals surface area contributed by atoms with Gasteiger partial charge in [-0.15, -0.1) is 0 Å². The van der Waals surface area contributed by atoms with E-state index in [1.807, 2.05) is 36.4 Å². The molecule has 0 amide bonds. The first-order valence-corrected chi connectivity index (χ1v) is 11.7. The van der Waals surface area contributed by atoms with Gasteiger partial charge in [-0.1, -0.05) is 12.1 Å². The van der Waals surface area contributed by atoms with Crippen molar-refractivity contribution in [2.45, 2.75) is 13.0 Å². The monoisotopic (exact) mass is 451 g/mol. The number of pyridine rings is 1. The van der Waals surface area contributed by atoms with Crippen molar-refractivity contribution in [1.82, 2.24) is 19.2 Å². The summed E-state index contributed by atoms with van der Waals surface area (Å²) in [6.45, 7) is 5.17. The summed E-state index contributed by atoms with van der Waals surface area (Å²) >= 11 is 0. The van der Waals surface area contributed by atoms with Gasteiger partial charge in [0.15, 0.2) is 0 Å². The summed E-state index contributed by atoms with van der Waals surface area (Å²) in [5, 5.41) is 9.13. The van der Waals surface area contributed by atoms with Crippen molar-refractivity contribution in [3.8, 4) is 34.2 Å². The summed E-state index contributed by atoms with van der Waals surface area (Å²) < 4.78 is 7.60. The predicted octanol–water partition coefficient (Wildman–Crippen LogP) is 4.69. The van der Waals surface area contributed by atoms with Crippen molar-refractivity contribution in [3.05, 3.63) is 78.1 Å². The third kappa shape index (κ3) is 4.54. The lowest BCUT2D eigenvalue weighted by Crippen LogP contribution is -2.29. The van der Waals surface area contributed by atoms with Crippen molar-refractivity contribution in [2.24, 2.45) is 0 Å². The lowest BCUT2D eigenvalue weighted by Gasteiger charge is -2.21. The molecule has 172 valence electrons. The van der Waals surface area contributed by atoms with Crippen molar-refractivity contribution in [2.75, 3.05) is 40.3 Å². The first kappa shape index (κ1) is 22.1. The molecule has 6 nitrogen and oxygen atoms in total. The van der Waals surface area contributed by atoms with Crippen molar-refractivity contribution in [3.63, 3.8) is 0 Å². The smallest absolute Gasteiger partial charge is 0.137 e. The fraction of sp³-hybridized carbons (Fsp3) is 0.286. The van der Waals surface area contributed by atoms with Crippen LogP contribution in [-0.4, -0.2) is 59.5 Å². The fourth-order valence-electron chi connectivity index (χ4n) is 4.60. The molecule has 0 bridgehead atoms. The minimum atomic E-state index is 0.668. The van der Waals surface area contributed by atoms with Crippen molar-refractivity contribution in [1.29, 1.82) is 5.26 Å². The van der Waals surface area contributed by atoms with E-state index in [1.54, 1.807) is 7.11 Å². The molecule has 2 aromatic heterocycles. The molecule has 1 aliphatic rings. The number of fused-ring (bicyclic) bond motifs is 1. The van der Waals surface area contributed by atoms with Crippen LogP contribution in [0.2, 0.25) is 0 Å². The van der Waals surface area contributed by atoms with Crippen LogP contribution in [-0.2, 0) is 6.54 Å². The van der Waals surface area contributed by atoms with Crippen LogP contribution in [0.25, 0.3) is 28.0 Å². The molecule has 1 fully saturated rings. The Labute approximate surface area is 200 Å². The van der Waals surface area contributed by atoms with E-state index < -0.39 is 0 Å². The first-order valence-electron chi connectivity index (χ1n) is 11.7. The average Bonchev–Trinajstić information content (AvgIpc) is 3.10. The van der Waals surface area contributed by atoms with Crippen LogP contribution in [0.3, 0.4) is 0 Å². The van der Waals surface area contributed by atoms with Crippen LogP contribution in [0.15, 0.2) is 66.9 Å². The first-order chi connectivity index (χ1) is 16.6. The summed E-state index contributed by atoms with van der Waals surface area (Å²) in [6, 6.07) is 22.3. The van der Waals surface area contributed by atoms with Crippen LogP contribution in [0, 0.1) is 11.3 Å². The van der Waals surface area contributed by atoms with E-state index in [1.165, 1.54) is 12.1 Å². The molecule has 0 atom stereocenters. The van der Waals surface area contributed by atoms with Crippen LogP contribution < -0.4 is 4.74 Å². The summed E-state index contributed by atoms with van der Waals surface area (Å²) in [5.74, 6) is 0.840. The number of hydrogen-bond donors (Lipinski definition) is 0. The summed E-state index contributed by atoms with van der Waals surface area (Å²) in [7, 11) is 3.89. The fourth-order valence-corrected chi connectivity index (χ4v) is 4.60. The van der Waals surface area contributed by atoms with Gasteiger partial charge < -0.3 is 14.0 Å². The quantitative estimate of drug-likeness (QED) is 0.441. The summed E-state index contributed by atoms with van der Waals surface area (Å²) in [5.41, 5.74) is 7.09. The Balaban J connectivity index is 1.59. The molecular formula is C28H29N5O. The molecule has 5 rings (SSSR count). The highest BCUT2D eigenvalue weighted by atomic mass is 16.5. The topological polar surface area (TPSA) is 56.8 Å². The molecule has 3 heterocycles. The van der Waals surface area contributed by atoms with Gasteiger partial charge in [0.05, 0.1) is 30.1 Å². The number of nitriles is 1. The number of ether oxygens (including phenoxy) is 1. The zero-order chi connectivity index (χ0) is 23.5. The van der Waals surface area contributed by atoms with Crippen LogP contribution in [0.4, 0.5) is 0 Å². The predicted molar refractivity (Wildman–Crippen MR) is 135 cm³/mol. The Morgan fingerprint density at radius 3 is 2.35 bits per heavy atom. The van der Waals surface area contributed by atoms with E-state index in [0.29, 0.717) is 5.56 Å². The number of imidazole rings is 1. The van der Waals surface area contributed by atoms with Gasteiger partial charge in [0, 0.05) is 31.4 Å². The molecule has 2 aromatic carbocycles. The van der Waals surface area contributed by atoms with Gasteiger partial charge in [0.2, 0.25) is 0 Å². The Kier molecular flexibility index (Phi) is 6.31. The molecule has 6 heteroatoms. The SMILES string of the molecule is COc1ccc(-c2nc3ccc(-c4ccc(C#N)cc4)cn3c2CN2CCCN(C)CC2)cc1. The lowest BCUT2D eigenvalue weighted by atomic mass is 10.1. The molecule has 4 aromatic rings. The molecule has 0 spiro atoms. The van der Waals surface area contributed by atoms with E-state index in [4.69, 9.17) is 15.0 Å². The van der Waals surface area contributed by atoms with Crippen LogP contribution in [0.5, 0.6) is 5.75 Å². The Hall–Kier alpha value is -3.66. The number of benzene rings is 2. The van der Waals surface area contributed by atoms with Gasteiger partial charge in [0.1, 0.15) is 11.4 Å². The summed E-state index contributed by atoms with van der Waals surface area (Å²) in [4.78, 5) is 9.99. The number of rotatable bonds is 5. The average molecular weight is 452 g/mol.